The number of benzene rings is 1. The minimum atomic E-state index is -0.832. The van der Waals surface area contributed by atoms with Gasteiger partial charge in [0.2, 0.25) is 0 Å². The van der Waals surface area contributed by atoms with Crippen LogP contribution in [0.4, 0.5) is 0 Å². The molecule has 0 bridgehead atoms. The number of aromatic hydroxyl groups is 1. The normalized spacial score (nSPS) is 14.8. The van der Waals surface area contributed by atoms with E-state index in [9.17, 15) is 14.7 Å². The minimum absolute atomic E-state index is 0.0556. The first-order valence-corrected chi connectivity index (χ1v) is 10.2. The van der Waals surface area contributed by atoms with Crippen molar-refractivity contribution < 1.29 is 24.2 Å². The van der Waals surface area contributed by atoms with Crippen molar-refractivity contribution in [3.05, 3.63) is 21.3 Å². The lowest BCUT2D eigenvalue weighted by atomic mass is 10.2. The lowest BCUT2D eigenvalue weighted by Crippen LogP contribution is -2.40. The van der Waals surface area contributed by atoms with Crippen LogP contribution >= 0.6 is 22.6 Å². The van der Waals surface area contributed by atoms with Gasteiger partial charge in [-0.1, -0.05) is 0 Å². The smallest absolute Gasteiger partial charge is 0.329 e. The van der Waals surface area contributed by atoms with E-state index >= 15 is 0 Å². The Bertz CT molecular complexity index is 707. The second-order valence-electron chi connectivity index (χ2n) is 6.05. The van der Waals surface area contributed by atoms with Gasteiger partial charge in [0.05, 0.1) is 29.6 Å². The van der Waals surface area contributed by atoms with Crippen molar-refractivity contribution in [1.82, 2.24) is 15.6 Å². The molecule has 1 aliphatic heterocycles. The fourth-order valence-corrected chi connectivity index (χ4v) is 3.19. The number of hydrazone groups is 1. The molecule has 0 radical (unpaired) electrons. The highest BCUT2D eigenvalue weighted by Crippen LogP contribution is 2.32. The van der Waals surface area contributed by atoms with E-state index in [1.54, 1.807) is 12.1 Å². The van der Waals surface area contributed by atoms with Crippen molar-refractivity contribution in [2.24, 2.45) is 5.10 Å². The van der Waals surface area contributed by atoms with Crippen molar-refractivity contribution in [2.45, 2.75) is 13.3 Å². The predicted molar refractivity (Wildman–Crippen MR) is 113 cm³/mol. The third-order valence-corrected chi connectivity index (χ3v) is 4.80. The van der Waals surface area contributed by atoms with Crippen LogP contribution in [0.15, 0.2) is 17.2 Å². The molecule has 1 heterocycles. The Morgan fingerprint density at radius 2 is 2.11 bits per heavy atom. The molecule has 0 aromatic heterocycles. The molecule has 0 spiro atoms. The number of halogens is 1. The maximum absolute atomic E-state index is 11.8. The monoisotopic (exact) mass is 504 g/mol. The van der Waals surface area contributed by atoms with Crippen LogP contribution in [0, 0.1) is 3.57 Å². The number of phenolic OH excluding ortho intramolecular Hbond substituents is 1. The molecular weight excluding hydrogens is 479 g/mol. The second-order valence-corrected chi connectivity index (χ2v) is 7.21. The number of amides is 2. The van der Waals surface area contributed by atoms with Crippen LogP contribution in [0.3, 0.4) is 0 Å². The second kappa shape index (κ2) is 11.8. The Morgan fingerprint density at radius 1 is 1.36 bits per heavy atom. The molecule has 1 saturated heterocycles. The molecule has 0 unspecified atom stereocenters. The highest BCUT2D eigenvalue weighted by Gasteiger charge is 2.13. The first-order valence-electron chi connectivity index (χ1n) is 9.08. The van der Waals surface area contributed by atoms with Gasteiger partial charge in [0.15, 0.2) is 11.5 Å². The third kappa shape index (κ3) is 7.24. The van der Waals surface area contributed by atoms with Crippen LogP contribution < -0.4 is 15.5 Å². The average Bonchev–Trinajstić information content (AvgIpc) is 2.69. The zero-order valence-electron chi connectivity index (χ0n) is 15.7. The molecule has 28 heavy (non-hydrogen) atoms. The third-order valence-electron chi connectivity index (χ3n) is 3.98. The zero-order chi connectivity index (χ0) is 20.4. The number of ether oxygens (including phenoxy) is 2. The summed E-state index contributed by atoms with van der Waals surface area (Å²) in [6.45, 7) is 6.75. The molecule has 2 amide bonds. The van der Waals surface area contributed by atoms with E-state index in [4.69, 9.17) is 9.47 Å². The quantitative estimate of drug-likeness (QED) is 0.158. The molecule has 1 aromatic carbocycles. The molecule has 1 aliphatic rings. The lowest BCUT2D eigenvalue weighted by Gasteiger charge is -2.26. The molecule has 2 rings (SSSR count). The van der Waals surface area contributed by atoms with Gasteiger partial charge < -0.3 is 19.9 Å². The average molecular weight is 504 g/mol. The van der Waals surface area contributed by atoms with Crippen molar-refractivity contribution in [3.63, 3.8) is 0 Å². The summed E-state index contributed by atoms with van der Waals surface area (Å²) in [5.41, 5.74) is 2.81. The van der Waals surface area contributed by atoms with Crippen molar-refractivity contribution in [2.75, 3.05) is 46.0 Å². The SMILES string of the molecule is CCOc1cc(/C=N\NC(=O)C(=O)NCCCN2CCOCC2)cc(I)c1O. The molecule has 3 N–H and O–H groups in total. The number of nitrogens with one attached hydrogen (secondary N) is 2. The largest absolute Gasteiger partial charge is 0.504 e. The summed E-state index contributed by atoms with van der Waals surface area (Å²) in [5.74, 6) is -1.17. The fraction of sp³-hybridized carbons (Fsp3) is 0.500. The van der Waals surface area contributed by atoms with Gasteiger partial charge in [-0.3, -0.25) is 14.5 Å². The van der Waals surface area contributed by atoms with Crippen molar-refractivity contribution in [3.8, 4) is 11.5 Å². The van der Waals surface area contributed by atoms with E-state index in [1.807, 2.05) is 29.5 Å². The Labute approximate surface area is 177 Å². The Kier molecular flexibility index (Phi) is 9.44. The van der Waals surface area contributed by atoms with E-state index < -0.39 is 11.8 Å². The molecule has 0 aliphatic carbocycles. The van der Waals surface area contributed by atoms with E-state index in [1.165, 1.54) is 6.21 Å². The number of nitrogens with zero attached hydrogens (tertiary/aromatic N) is 2. The highest BCUT2D eigenvalue weighted by molar-refractivity contribution is 14.1. The van der Waals surface area contributed by atoms with Gasteiger partial charge in [-0.05, 0) is 60.2 Å². The van der Waals surface area contributed by atoms with Gasteiger partial charge in [0.1, 0.15) is 0 Å². The molecule has 154 valence electrons. The van der Waals surface area contributed by atoms with Gasteiger partial charge in [-0.25, -0.2) is 5.43 Å². The molecule has 9 nitrogen and oxygen atoms in total. The predicted octanol–water partition coefficient (Wildman–Crippen LogP) is 0.684. The summed E-state index contributed by atoms with van der Waals surface area (Å²) in [7, 11) is 0. The molecule has 1 aromatic rings. The highest BCUT2D eigenvalue weighted by atomic mass is 127. The van der Waals surface area contributed by atoms with Crippen molar-refractivity contribution in [1.29, 1.82) is 0 Å². The number of rotatable bonds is 8. The molecule has 0 atom stereocenters. The summed E-state index contributed by atoms with van der Waals surface area (Å²) in [6, 6.07) is 3.28. The number of carbonyl (C=O) groups is 2. The lowest BCUT2D eigenvalue weighted by molar-refractivity contribution is -0.139. The first-order chi connectivity index (χ1) is 13.5. The topological polar surface area (TPSA) is 112 Å². The number of morpholine rings is 1. The molecule has 10 heteroatoms. The van der Waals surface area contributed by atoms with Crippen molar-refractivity contribution >= 4 is 40.6 Å². The summed E-state index contributed by atoms with van der Waals surface area (Å²) in [6.07, 6.45) is 2.14. The fourth-order valence-electron chi connectivity index (χ4n) is 2.56. The van der Waals surface area contributed by atoms with Gasteiger partial charge in [0, 0.05) is 19.6 Å². The summed E-state index contributed by atoms with van der Waals surface area (Å²) in [4.78, 5) is 25.8. The summed E-state index contributed by atoms with van der Waals surface area (Å²) >= 11 is 1.97. The van der Waals surface area contributed by atoms with Crippen LogP contribution in [0.5, 0.6) is 11.5 Å². The van der Waals surface area contributed by atoms with E-state index in [2.05, 4.69) is 20.7 Å². The number of hydrogen-bond acceptors (Lipinski definition) is 7. The Morgan fingerprint density at radius 3 is 2.82 bits per heavy atom. The first kappa shape index (κ1) is 22.4. The maximum atomic E-state index is 11.8. The van der Waals surface area contributed by atoms with Gasteiger partial charge >= 0.3 is 11.8 Å². The summed E-state index contributed by atoms with van der Waals surface area (Å²) < 4.78 is 11.2. The number of phenols is 1. The van der Waals surface area contributed by atoms with Gasteiger partial charge in [-0.2, -0.15) is 5.10 Å². The van der Waals surface area contributed by atoms with Crippen LogP contribution in [0.1, 0.15) is 18.9 Å². The molecule has 1 fully saturated rings. The number of hydrogen-bond donors (Lipinski definition) is 3. The van der Waals surface area contributed by atoms with Gasteiger partial charge in [-0.15, -0.1) is 0 Å². The summed E-state index contributed by atoms with van der Waals surface area (Å²) in [5, 5.41) is 16.3. The maximum Gasteiger partial charge on any atom is 0.329 e. The molecular formula is C18H25IN4O5. The van der Waals surface area contributed by atoms with Crippen LogP contribution in [-0.2, 0) is 14.3 Å². The van der Waals surface area contributed by atoms with E-state index in [0.29, 0.717) is 28.0 Å². The Hall–Kier alpha value is -1.92. The van der Waals surface area contributed by atoms with E-state index in [0.717, 1.165) is 39.3 Å². The van der Waals surface area contributed by atoms with Crippen LogP contribution in [0.25, 0.3) is 0 Å². The van der Waals surface area contributed by atoms with E-state index in [-0.39, 0.29) is 5.75 Å². The van der Waals surface area contributed by atoms with Crippen LogP contribution in [0.2, 0.25) is 0 Å². The van der Waals surface area contributed by atoms with Crippen LogP contribution in [-0.4, -0.2) is 74.0 Å². The van der Waals surface area contributed by atoms with Gasteiger partial charge in [0.25, 0.3) is 0 Å². The molecule has 0 saturated carbocycles. The zero-order valence-corrected chi connectivity index (χ0v) is 17.9. The Balaban J connectivity index is 1.73. The minimum Gasteiger partial charge on any atom is -0.504 e. The standard InChI is InChI=1S/C18H25IN4O5/c1-2-28-15-11-13(10-14(19)16(15)24)12-21-22-18(26)17(25)20-4-3-5-23-6-8-27-9-7-23/h10-12,24H,2-9H2,1H3,(H,20,25)(H,22,26)/b21-12-. The number of carbonyl (C=O) groups excluding carboxylic acids is 2.